The van der Waals surface area contributed by atoms with Crippen molar-refractivity contribution in [3.8, 4) is 5.75 Å². The molecule has 2 atom stereocenters. The Morgan fingerprint density at radius 1 is 1.23 bits per heavy atom. The van der Waals surface area contributed by atoms with Crippen molar-refractivity contribution < 1.29 is 22.7 Å². The average molecular weight is 543 g/mol. The van der Waals surface area contributed by atoms with E-state index in [0.29, 0.717) is 30.3 Å². The van der Waals surface area contributed by atoms with Gasteiger partial charge >= 0.3 is 0 Å². The first kappa shape index (κ1) is 27.0. The second-order valence-corrected chi connectivity index (χ2v) is 10.6. The normalized spacial score (nSPS) is 20.3. The summed E-state index contributed by atoms with van der Waals surface area (Å²) >= 11 is 0. The van der Waals surface area contributed by atoms with E-state index in [-0.39, 0.29) is 36.8 Å². The number of benzene rings is 1. The van der Waals surface area contributed by atoms with E-state index in [9.17, 15) is 9.18 Å². The van der Waals surface area contributed by atoms with Crippen LogP contribution in [0.1, 0.15) is 59.1 Å². The Kier molecular flexibility index (Phi) is 6.82. The number of hydrogen-bond acceptors (Lipinski definition) is 6. The van der Waals surface area contributed by atoms with E-state index in [2.05, 4.69) is 15.3 Å². The second kappa shape index (κ2) is 9.86. The molecule has 0 radical (unpaired) electrons. The molecular weight excluding hydrogens is 509 g/mol. The smallest absolute Gasteiger partial charge is 0.260 e. The average Bonchev–Trinajstić information content (AvgIpc) is 3.18. The Morgan fingerprint density at radius 2 is 1.97 bits per heavy atom. The topological polar surface area (TPSA) is 75.5 Å². The molecule has 0 saturated heterocycles. The van der Waals surface area contributed by atoms with Crippen molar-refractivity contribution >= 4 is 11.9 Å². The zero-order chi connectivity index (χ0) is 28.1. The molecule has 1 aromatic carbocycles. The number of halogens is 3. The van der Waals surface area contributed by atoms with Crippen molar-refractivity contribution in [1.82, 2.24) is 24.3 Å². The monoisotopic (exact) mass is 542 g/mol. The summed E-state index contributed by atoms with van der Waals surface area (Å²) in [4.78, 5) is 25.9. The summed E-state index contributed by atoms with van der Waals surface area (Å²) in [5.74, 6) is -3.26. The first-order valence-electron chi connectivity index (χ1n) is 13.0. The van der Waals surface area contributed by atoms with Crippen molar-refractivity contribution in [2.24, 2.45) is 0 Å². The molecule has 3 heterocycles. The van der Waals surface area contributed by atoms with Crippen molar-refractivity contribution in [2.45, 2.75) is 50.7 Å². The molecule has 5 rings (SSSR count). The number of rotatable bonds is 9. The van der Waals surface area contributed by atoms with Crippen LogP contribution in [0.15, 0.2) is 36.8 Å². The minimum Gasteiger partial charge on any atom is -0.491 e. The number of nitrogens with zero attached hydrogens (tertiary/aromatic N) is 5. The van der Waals surface area contributed by atoms with Crippen LogP contribution in [0.5, 0.6) is 5.75 Å². The molecular formula is C28H33F3N6O2. The number of carbonyl (C=O) groups excluding carboxylic acids is 1. The number of hydrogen-bond donors (Lipinski definition) is 1. The van der Waals surface area contributed by atoms with Gasteiger partial charge in [-0.15, -0.1) is 0 Å². The number of fused-ring (bicyclic) bond motifs is 2. The maximum Gasteiger partial charge on any atom is 0.260 e. The molecule has 208 valence electrons. The third kappa shape index (κ3) is 4.62. The van der Waals surface area contributed by atoms with Crippen LogP contribution in [0.4, 0.5) is 19.1 Å². The predicted molar refractivity (Wildman–Crippen MR) is 141 cm³/mol. The summed E-state index contributed by atoms with van der Waals surface area (Å²) < 4.78 is 52.1. The fourth-order valence-corrected chi connectivity index (χ4v) is 5.70. The summed E-state index contributed by atoms with van der Waals surface area (Å²) in [5, 5.41) is 3.03. The molecule has 39 heavy (non-hydrogen) atoms. The summed E-state index contributed by atoms with van der Waals surface area (Å²) in [7, 11) is 5.52. The van der Waals surface area contributed by atoms with Crippen LogP contribution in [0.2, 0.25) is 0 Å². The van der Waals surface area contributed by atoms with Crippen LogP contribution in [0, 0.1) is 5.82 Å². The Balaban J connectivity index is 1.61. The van der Waals surface area contributed by atoms with Gasteiger partial charge < -0.3 is 24.4 Å². The number of nitrogens with one attached hydrogen (secondary N) is 1. The molecule has 8 nitrogen and oxygen atoms in total. The van der Waals surface area contributed by atoms with Crippen LogP contribution in [-0.4, -0.2) is 70.5 Å². The van der Waals surface area contributed by atoms with Gasteiger partial charge in [0.1, 0.15) is 0 Å². The third-order valence-electron chi connectivity index (χ3n) is 7.60. The Hall–Kier alpha value is -3.60. The van der Waals surface area contributed by atoms with E-state index in [1.807, 2.05) is 35.8 Å². The maximum atomic E-state index is 15.3. The Labute approximate surface area is 225 Å². The zero-order valence-electron chi connectivity index (χ0n) is 22.8. The number of amides is 1. The highest BCUT2D eigenvalue weighted by Crippen LogP contribution is 2.65. The van der Waals surface area contributed by atoms with E-state index in [1.165, 1.54) is 11.0 Å². The van der Waals surface area contributed by atoms with Gasteiger partial charge in [0.2, 0.25) is 5.95 Å². The molecule has 1 amide bonds. The summed E-state index contributed by atoms with van der Waals surface area (Å²) in [6.45, 7) is 4.39. The van der Waals surface area contributed by atoms with E-state index >= 15 is 8.78 Å². The molecule has 2 aliphatic rings. The molecule has 2 aromatic heterocycles. The molecule has 11 heteroatoms. The number of ether oxygens (including phenoxy) is 1. The van der Waals surface area contributed by atoms with Crippen LogP contribution < -0.4 is 10.1 Å². The fraction of sp³-hybridized carbons (Fsp3) is 0.464. The van der Waals surface area contributed by atoms with Gasteiger partial charge in [0.25, 0.3) is 11.8 Å². The van der Waals surface area contributed by atoms with E-state index in [1.54, 1.807) is 33.2 Å². The van der Waals surface area contributed by atoms with Gasteiger partial charge in [-0.25, -0.2) is 18.2 Å². The van der Waals surface area contributed by atoms with Crippen LogP contribution in [0.25, 0.3) is 0 Å². The third-order valence-corrected chi connectivity index (χ3v) is 7.60. The van der Waals surface area contributed by atoms with Gasteiger partial charge in [0.15, 0.2) is 11.6 Å². The van der Waals surface area contributed by atoms with Crippen LogP contribution in [0.3, 0.4) is 0 Å². The summed E-state index contributed by atoms with van der Waals surface area (Å²) in [6.07, 6.45) is 4.19. The van der Waals surface area contributed by atoms with E-state index < -0.39 is 23.2 Å². The molecule has 0 unspecified atom stereocenters. The summed E-state index contributed by atoms with van der Waals surface area (Å²) in [5.41, 5.74) is 1.12. The van der Waals surface area contributed by atoms with Gasteiger partial charge in [-0.2, -0.15) is 0 Å². The second-order valence-electron chi connectivity index (χ2n) is 10.6. The lowest BCUT2D eigenvalue weighted by atomic mass is 9.80. The highest BCUT2D eigenvalue weighted by molar-refractivity contribution is 5.99. The summed E-state index contributed by atoms with van der Waals surface area (Å²) in [6, 6.07) is 4.42. The number of carbonyl (C=O) groups is 1. The SMILES string of the molecule is CCOc1cc([C@H](C)N2C[C@@]3(CC3(F)F)c3c(CN(C)C)cc(Cn4ccnc4NC)cc3C2=O)ncc1F. The predicted octanol–water partition coefficient (Wildman–Crippen LogP) is 4.46. The molecule has 3 aromatic rings. The Bertz CT molecular complexity index is 1410. The fourth-order valence-electron chi connectivity index (χ4n) is 5.70. The number of alkyl halides is 2. The molecule has 1 fully saturated rings. The standard InChI is InChI=1S/C28H33F3N6O2/c1-6-39-23-11-22(34-12-21(23)29)17(2)37-16-27(15-28(27,30)31)24-19(14-35(4)5)9-18(10-20(24)25(37)38)13-36-8-7-33-26(36)32-3/h7-12,17H,6,13-16H2,1-5H3,(H,32,33)/t17-,27-/m0/s1. The van der Waals surface area contributed by atoms with Gasteiger partial charge in [-0.1, -0.05) is 6.07 Å². The number of imidazole rings is 1. The first-order valence-corrected chi connectivity index (χ1v) is 13.0. The first-order chi connectivity index (χ1) is 18.5. The zero-order valence-corrected chi connectivity index (χ0v) is 22.8. The van der Waals surface area contributed by atoms with Crippen LogP contribution >= 0.6 is 0 Å². The Morgan fingerprint density at radius 3 is 2.62 bits per heavy atom. The largest absolute Gasteiger partial charge is 0.491 e. The molecule has 1 aliphatic heterocycles. The molecule has 1 N–H and O–H groups in total. The number of aromatic nitrogens is 3. The van der Waals surface area contributed by atoms with Crippen molar-refractivity contribution in [3.63, 3.8) is 0 Å². The lowest BCUT2D eigenvalue weighted by molar-refractivity contribution is 0.0450. The lowest BCUT2D eigenvalue weighted by Gasteiger charge is -2.40. The number of pyridine rings is 1. The van der Waals surface area contributed by atoms with E-state index in [0.717, 1.165) is 17.3 Å². The van der Waals surface area contributed by atoms with Crippen molar-refractivity contribution in [3.05, 3.63) is 70.6 Å². The molecule has 1 saturated carbocycles. The van der Waals surface area contributed by atoms with Gasteiger partial charge in [0, 0.05) is 50.6 Å². The van der Waals surface area contributed by atoms with Gasteiger partial charge in [-0.3, -0.25) is 9.78 Å². The van der Waals surface area contributed by atoms with Gasteiger partial charge in [0.05, 0.1) is 36.5 Å². The molecule has 1 spiro atoms. The minimum absolute atomic E-state index is 0.0156. The molecule has 1 aliphatic carbocycles. The molecule has 0 bridgehead atoms. The quantitative estimate of drug-likeness (QED) is 0.430. The minimum atomic E-state index is -2.96. The highest BCUT2D eigenvalue weighted by Gasteiger charge is 2.75. The van der Waals surface area contributed by atoms with Crippen molar-refractivity contribution in [2.75, 3.05) is 39.6 Å². The van der Waals surface area contributed by atoms with Gasteiger partial charge in [-0.05, 0) is 50.7 Å². The van der Waals surface area contributed by atoms with Crippen molar-refractivity contribution in [1.29, 1.82) is 0 Å². The maximum absolute atomic E-state index is 15.3. The van der Waals surface area contributed by atoms with Crippen LogP contribution in [-0.2, 0) is 18.5 Å². The number of anilines is 1. The van der Waals surface area contributed by atoms with E-state index in [4.69, 9.17) is 4.74 Å². The highest BCUT2D eigenvalue weighted by atomic mass is 19.3. The lowest BCUT2D eigenvalue weighted by Crippen LogP contribution is -2.47.